The van der Waals surface area contributed by atoms with Crippen LogP contribution in [0.2, 0.25) is 0 Å². The Bertz CT molecular complexity index is 1530. The molecule has 0 spiro atoms. The molecule has 2 rings (SSSR count). The summed E-state index contributed by atoms with van der Waals surface area (Å²) in [5, 5.41) is 68.3. The van der Waals surface area contributed by atoms with Crippen molar-refractivity contribution in [3.8, 4) is 0 Å². The fourth-order valence-corrected chi connectivity index (χ4v) is 4.38. The number of anilines is 2. The molecule has 2 aromatic carbocycles. The van der Waals surface area contributed by atoms with Gasteiger partial charge in [0, 0.05) is 37.1 Å². The standard InChI is InChI=1S/C31H36N6O15/c38-23(39)11-9-19(25(42)43)34-30(51)36-21(27(46)47)13-15-1-5-17(6-2-15)32-29(50)33-18-7-3-16(4-8-18)14-22(28(48)49)37-31(52)35-20(26(44)45)10-12-24(40)41/h1-8,19-22H,9-14H2,(H,38,39)(H,40,41)(H,42,43)(H,44,45)(H,46,47)(H,48,49)(H2,32,33,50)(H2,34,36,51)(H2,35,37,52)/t19-,20-,21?,22?/m0/s1. The predicted octanol–water partition coefficient (Wildman–Crippen LogP) is 0.556. The minimum absolute atomic E-state index is 0.229. The number of carboxylic acid groups (broad SMARTS) is 6. The van der Waals surface area contributed by atoms with Crippen LogP contribution in [0.3, 0.4) is 0 Å². The predicted molar refractivity (Wildman–Crippen MR) is 176 cm³/mol. The van der Waals surface area contributed by atoms with Gasteiger partial charge in [-0.1, -0.05) is 24.3 Å². The summed E-state index contributed by atoms with van der Waals surface area (Å²) < 4.78 is 0. The molecule has 0 heterocycles. The minimum atomic E-state index is -1.56. The molecule has 6 amide bonds. The average Bonchev–Trinajstić information content (AvgIpc) is 3.05. The number of hydrogen-bond donors (Lipinski definition) is 12. The Morgan fingerprint density at radius 3 is 0.981 bits per heavy atom. The van der Waals surface area contributed by atoms with Gasteiger partial charge in [-0.2, -0.15) is 0 Å². The van der Waals surface area contributed by atoms with E-state index in [1.807, 2.05) is 10.6 Å². The topological polar surface area (TPSA) is 347 Å². The number of nitrogens with one attached hydrogen (secondary N) is 6. The van der Waals surface area contributed by atoms with Crippen LogP contribution < -0.4 is 31.9 Å². The van der Waals surface area contributed by atoms with Gasteiger partial charge in [0.15, 0.2) is 0 Å². The van der Waals surface area contributed by atoms with Crippen molar-refractivity contribution in [2.75, 3.05) is 10.6 Å². The lowest BCUT2D eigenvalue weighted by Crippen LogP contribution is -2.51. The molecule has 0 aliphatic rings. The summed E-state index contributed by atoms with van der Waals surface area (Å²) >= 11 is 0. The molecule has 12 N–H and O–H groups in total. The molecule has 280 valence electrons. The highest BCUT2D eigenvalue weighted by molar-refractivity contribution is 5.99. The molecule has 0 fully saturated rings. The number of benzene rings is 2. The number of carbonyl (C=O) groups is 9. The molecule has 0 aliphatic carbocycles. The van der Waals surface area contributed by atoms with E-state index in [0.29, 0.717) is 22.5 Å². The molecule has 4 atom stereocenters. The van der Waals surface area contributed by atoms with E-state index in [0.717, 1.165) is 0 Å². The Kier molecular flexibility index (Phi) is 15.8. The van der Waals surface area contributed by atoms with Crippen LogP contribution in [0.1, 0.15) is 36.8 Å². The summed E-state index contributed by atoms with van der Waals surface area (Å²) in [6.07, 6.45) is -2.38. The quantitative estimate of drug-likeness (QED) is 0.0884. The zero-order chi connectivity index (χ0) is 39.0. The zero-order valence-corrected chi connectivity index (χ0v) is 27.0. The van der Waals surface area contributed by atoms with Crippen LogP contribution in [0.4, 0.5) is 25.8 Å². The number of hydrogen-bond acceptors (Lipinski definition) is 9. The van der Waals surface area contributed by atoms with Gasteiger partial charge in [0.25, 0.3) is 0 Å². The van der Waals surface area contributed by atoms with Crippen molar-refractivity contribution in [1.82, 2.24) is 21.3 Å². The highest BCUT2D eigenvalue weighted by Crippen LogP contribution is 2.15. The first-order chi connectivity index (χ1) is 24.4. The average molecular weight is 733 g/mol. The fraction of sp³-hybridized carbons (Fsp3) is 0.323. The van der Waals surface area contributed by atoms with E-state index in [1.165, 1.54) is 48.5 Å². The second-order valence-corrected chi connectivity index (χ2v) is 11.0. The molecule has 0 bridgehead atoms. The third-order valence-corrected chi connectivity index (χ3v) is 7.01. The van der Waals surface area contributed by atoms with Gasteiger partial charge in [0.2, 0.25) is 0 Å². The number of amides is 6. The number of aliphatic carboxylic acids is 6. The third kappa shape index (κ3) is 15.1. The molecule has 2 aromatic rings. The van der Waals surface area contributed by atoms with E-state index in [4.69, 9.17) is 10.2 Å². The van der Waals surface area contributed by atoms with E-state index in [-0.39, 0.29) is 12.8 Å². The van der Waals surface area contributed by atoms with Crippen molar-refractivity contribution < 1.29 is 73.8 Å². The van der Waals surface area contributed by atoms with Gasteiger partial charge >= 0.3 is 53.9 Å². The van der Waals surface area contributed by atoms with Gasteiger partial charge in [-0.3, -0.25) is 9.59 Å². The maximum absolute atomic E-state index is 12.5. The smallest absolute Gasteiger partial charge is 0.326 e. The largest absolute Gasteiger partial charge is 0.481 e. The van der Waals surface area contributed by atoms with Crippen LogP contribution in [0.15, 0.2) is 48.5 Å². The second-order valence-electron chi connectivity index (χ2n) is 11.0. The maximum atomic E-state index is 12.5. The monoisotopic (exact) mass is 732 g/mol. The first kappa shape index (κ1) is 41.2. The van der Waals surface area contributed by atoms with Crippen molar-refractivity contribution >= 4 is 65.3 Å². The lowest BCUT2D eigenvalue weighted by atomic mass is 10.1. The molecule has 2 unspecified atom stereocenters. The molecule has 52 heavy (non-hydrogen) atoms. The maximum Gasteiger partial charge on any atom is 0.326 e. The van der Waals surface area contributed by atoms with Crippen LogP contribution in [0.5, 0.6) is 0 Å². The highest BCUT2D eigenvalue weighted by atomic mass is 16.4. The summed E-state index contributed by atoms with van der Waals surface area (Å²) in [5.41, 5.74) is 1.42. The molecular weight excluding hydrogens is 696 g/mol. The second kappa shape index (κ2) is 19.9. The third-order valence-electron chi connectivity index (χ3n) is 7.01. The van der Waals surface area contributed by atoms with Gasteiger partial charge in [-0.15, -0.1) is 0 Å². The Balaban J connectivity index is 1.92. The number of rotatable bonds is 20. The van der Waals surface area contributed by atoms with Crippen LogP contribution in [-0.4, -0.2) is 109 Å². The number of carboxylic acids is 6. The van der Waals surface area contributed by atoms with Gasteiger partial charge in [-0.25, -0.2) is 33.6 Å². The van der Waals surface area contributed by atoms with Gasteiger partial charge in [-0.05, 0) is 48.2 Å². The van der Waals surface area contributed by atoms with Crippen molar-refractivity contribution in [1.29, 1.82) is 0 Å². The SMILES string of the molecule is O=C(O)CC[C@H](NC(=O)NC(Cc1ccc(NC(=O)Nc2ccc(CC(NC(=O)N[C@@H](CCC(=O)O)C(=O)O)C(=O)O)cc2)cc1)C(=O)O)C(=O)O. The van der Waals surface area contributed by atoms with E-state index in [9.17, 15) is 63.6 Å². The Hall–Kier alpha value is -6.93. The Morgan fingerprint density at radius 1 is 0.423 bits per heavy atom. The molecule has 0 saturated heterocycles. The zero-order valence-electron chi connectivity index (χ0n) is 27.0. The summed E-state index contributed by atoms with van der Waals surface area (Å²) in [5.74, 6) is -8.42. The van der Waals surface area contributed by atoms with Crippen molar-refractivity contribution in [3.63, 3.8) is 0 Å². The van der Waals surface area contributed by atoms with Gasteiger partial charge < -0.3 is 62.5 Å². The molecule has 0 radical (unpaired) electrons. The van der Waals surface area contributed by atoms with Crippen molar-refractivity contribution in [3.05, 3.63) is 59.7 Å². The summed E-state index contributed by atoms with van der Waals surface area (Å²) in [6, 6.07) is 2.63. The van der Waals surface area contributed by atoms with Gasteiger partial charge in [0.05, 0.1) is 0 Å². The van der Waals surface area contributed by atoms with Crippen LogP contribution in [0.25, 0.3) is 0 Å². The fourth-order valence-electron chi connectivity index (χ4n) is 4.38. The Morgan fingerprint density at radius 2 is 0.712 bits per heavy atom. The number of urea groups is 3. The first-order valence-corrected chi connectivity index (χ1v) is 15.2. The molecule has 0 aromatic heterocycles. The van der Waals surface area contributed by atoms with Gasteiger partial charge in [0.1, 0.15) is 24.2 Å². The van der Waals surface area contributed by atoms with E-state index in [1.54, 1.807) is 0 Å². The summed E-state index contributed by atoms with van der Waals surface area (Å²) in [6.45, 7) is 0. The van der Waals surface area contributed by atoms with Crippen molar-refractivity contribution in [2.24, 2.45) is 0 Å². The van der Waals surface area contributed by atoms with Crippen LogP contribution in [-0.2, 0) is 41.6 Å². The molecule has 21 heteroatoms. The lowest BCUT2D eigenvalue weighted by molar-refractivity contribution is -0.142. The first-order valence-electron chi connectivity index (χ1n) is 15.2. The van der Waals surface area contributed by atoms with E-state index >= 15 is 0 Å². The molecule has 21 nitrogen and oxygen atoms in total. The van der Waals surface area contributed by atoms with E-state index in [2.05, 4.69) is 21.3 Å². The van der Waals surface area contributed by atoms with Crippen LogP contribution >= 0.6 is 0 Å². The molecule has 0 saturated carbocycles. The summed E-state index contributed by atoms with van der Waals surface area (Å²) in [7, 11) is 0. The molecular formula is C31H36N6O15. The molecule has 0 aliphatic heterocycles. The van der Waals surface area contributed by atoms with Crippen molar-refractivity contribution in [2.45, 2.75) is 62.7 Å². The summed E-state index contributed by atoms with van der Waals surface area (Å²) in [4.78, 5) is 104. The van der Waals surface area contributed by atoms with E-state index < -0.39 is 104 Å². The normalized spacial score (nSPS) is 12.8. The highest BCUT2D eigenvalue weighted by Gasteiger charge is 2.27. The lowest BCUT2D eigenvalue weighted by Gasteiger charge is -2.18. The minimum Gasteiger partial charge on any atom is -0.481 e. The van der Waals surface area contributed by atoms with Crippen LogP contribution in [0, 0.1) is 0 Å². The Labute approximate surface area is 293 Å². The number of carbonyl (C=O) groups excluding carboxylic acids is 3.